The molecule has 3 aromatic rings. The summed E-state index contributed by atoms with van der Waals surface area (Å²) in [6.07, 6.45) is 6.96. The van der Waals surface area contributed by atoms with Gasteiger partial charge >= 0.3 is 0 Å². The summed E-state index contributed by atoms with van der Waals surface area (Å²) < 4.78 is 27.4. The van der Waals surface area contributed by atoms with Crippen LogP contribution in [0.1, 0.15) is 47.3 Å². The fourth-order valence-electron chi connectivity index (χ4n) is 5.16. The van der Waals surface area contributed by atoms with Gasteiger partial charge in [0.1, 0.15) is 0 Å². The minimum absolute atomic E-state index is 0.0666. The number of nitrogens with two attached hydrogens (primary N) is 1. The Labute approximate surface area is 197 Å². The molecule has 1 saturated carbocycles. The Morgan fingerprint density at radius 3 is 2.62 bits per heavy atom. The molecule has 0 bridgehead atoms. The summed E-state index contributed by atoms with van der Waals surface area (Å²) in [7, 11) is -3.64. The van der Waals surface area contributed by atoms with Crippen LogP contribution in [0.15, 0.2) is 29.4 Å². The van der Waals surface area contributed by atoms with E-state index in [0.29, 0.717) is 40.7 Å². The number of nitrogen functional groups attached to an aromatic ring is 1. The number of imidazole rings is 1. The zero-order valence-electron chi connectivity index (χ0n) is 19.1. The van der Waals surface area contributed by atoms with Crippen LogP contribution in [0.3, 0.4) is 0 Å². The van der Waals surface area contributed by atoms with E-state index in [1.165, 1.54) is 0 Å². The Bertz CT molecular complexity index is 1440. The number of carbonyl (C=O) groups is 1. The second-order valence-corrected chi connectivity index (χ2v) is 11.6. The van der Waals surface area contributed by atoms with Crippen LogP contribution in [0.25, 0.3) is 16.9 Å². The Morgan fingerprint density at radius 2 is 1.94 bits per heavy atom. The molecule has 1 atom stereocenters. The number of nitrogens with one attached hydrogen (secondary N) is 2. The normalized spacial score (nSPS) is 19.8. The molecule has 6 rings (SSSR count). The molecular formula is C23H27N7O3S. The molecule has 2 aliphatic heterocycles. The third-order valence-corrected chi connectivity index (χ3v) is 8.39. The number of nitrogens with zero attached hydrogens (tertiary/aromatic N) is 4. The van der Waals surface area contributed by atoms with Crippen LogP contribution in [0, 0.1) is 5.92 Å². The lowest BCUT2D eigenvalue weighted by Crippen LogP contribution is -2.35. The number of carbonyl (C=O) groups excluding carboxylic acids is 1. The lowest BCUT2D eigenvalue weighted by atomic mass is 10.0. The van der Waals surface area contributed by atoms with E-state index >= 15 is 0 Å². The summed E-state index contributed by atoms with van der Waals surface area (Å²) in [4.78, 5) is 24.2. The number of aromatic nitrogens is 3. The molecule has 0 spiro atoms. The quantitative estimate of drug-likeness (QED) is 0.497. The van der Waals surface area contributed by atoms with Crippen LogP contribution in [-0.4, -0.2) is 59.0 Å². The van der Waals surface area contributed by atoms with E-state index < -0.39 is 9.84 Å². The molecule has 34 heavy (non-hydrogen) atoms. The topological polar surface area (TPSA) is 135 Å². The molecule has 11 heteroatoms. The number of sulfone groups is 1. The van der Waals surface area contributed by atoms with Crippen molar-refractivity contribution in [1.29, 1.82) is 0 Å². The maximum Gasteiger partial charge on any atom is 0.256 e. The van der Waals surface area contributed by atoms with Crippen molar-refractivity contribution in [3.05, 3.63) is 41.3 Å². The molecule has 0 radical (unpaired) electrons. The zero-order valence-corrected chi connectivity index (χ0v) is 19.9. The lowest BCUT2D eigenvalue weighted by Gasteiger charge is -2.24. The molecule has 0 unspecified atom stereocenters. The van der Waals surface area contributed by atoms with Gasteiger partial charge in [-0.1, -0.05) is 0 Å². The standard InChI is InChI=1S/C23H27N7O3S/c1-12(13-3-4-13)29-10-15-5-14(6-19(34(2,32)33)20(15)23(29)31)18-9-25-22-21(24)28-17(11-30(18)22)16-7-26-27-8-16/h5-6,9,11-13,16,26-27H,3-4,7-8,10H2,1-2H3,(H2,24,28)/t12-/m0/s1. The predicted octanol–water partition coefficient (Wildman–Crippen LogP) is 1.33. The van der Waals surface area contributed by atoms with Gasteiger partial charge < -0.3 is 10.6 Å². The monoisotopic (exact) mass is 481 g/mol. The molecular weight excluding hydrogens is 454 g/mol. The van der Waals surface area contributed by atoms with Crippen molar-refractivity contribution in [3.8, 4) is 11.3 Å². The summed E-state index contributed by atoms with van der Waals surface area (Å²) in [6, 6.07) is 3.60. The molecule has 4 N–H and O–H groups in total. The number of hydrazine groups is 1. The summed E-state index contributed by atoms with van der Waals surface area (Å²) in [5, 5.41) is 0. The van der Waals surface area contributed by atoms with Gasteiger partial charge in [-0.3, -0.25) is 20.0 Å². The Balaban J connectivity index is 1.50. The van der Waals surface area contributed by atoms with Crippen LogP contribution in [0.4, 0.5) is 5.82 Å². The Kier molecular flexibility index (Phi) is 4.74. The summed E-state index contributed by atoms with van der Waals surface area (Å²) >= 11 is 0. The van der Waals surface area contributed by atoms with E-state index in [4.69, 9.17) is 5.73 Å². The highest BCUT2D eigenvalue weighted by atomic mass is 32.2. The second kappa shape index (κ2) is 7.49. The first kappa shape index (κ1) is 21.5. The van der Waals surface area contributed by atoms with Crippen LogP contribution in [0.2, 0.25) is 0 Å². The van der Waals surface area contributed by atoms with Crippen LogP contribution in [0.5, 0.6) is 0 Å². The van der Waals surface area contributed by atoms with Crippen molar-refractivity contribution in [3.63, 3.8) is 0 Å². The van der Waals surface area contributed by atoms with Gasteiger partial charge in [0.05, 0.1) is 28.0 Å². The number of hydrogen-bond donors (Lipinski definition) is 3. The Morgan fingerprint density at radius 1 is 1.21 bits per heavy atom. The molecule has 1 amide bonds. The maximum atomic E-state index is 13.3. The first-order valence-corrected chi connectivity index (χ1v) is 13.4. The predicted molar refractivity (Wildman–Crippen MR) is 127 cm³/mol. The van der Waals surface area contributed by atoms with Crippen molar-refractivity contribution < 1.29 is 13.2 Å². The number of hydrogen-bond acceptors (Lipinski definition) is 8. The zero-order chi connectivity index (χ0) is 23.8. The van der Waals surface area contributed by atoms with Crippen molar-refractivity contribution in [1.82, 2.24) is 30.1 Å². The highest BCUT2D eigenvalue weighted by molar-refractivity contribution is 7.90. The smallest absolute Gasteiger partial charge is 0.256 e. The van der Waals surface area contributed by atoms with Crippen molar-refractivity contribution in [2.45, 2.75) is 43.2 Å². The summed E-state index contributed by atoms with van der Waals surface area (Å²) in [5.41, 5.74) is 16.2. The fraction of sp³-hybridized carbons (Fsp3) is 0.435. The first-order valence-electron chi connectivity index (χ1n) is 11.5. The highest BCUT2D eigenvalue weighted by Crippen LogP contribution is 2.41. The summed E-state index contributed by atoms with van der Waals surface area (Å²) in [5.74, 6) is 0.770. The van der Waals surface area contributed by atoms with Crippen LogP contribution < -0.4 is 16.6 Å². The average molecular weight is 482 g/mol. The van der Waals surface area contributed by atoms with Crippen LogP contribution in [-0.2, 0) is 16.4 Å². The van der Waals surface area contributed by atoms with Gasteiger partial charge in [-0.25, -0.2) is 18.4 Å². The molecule has 2 fully saturated rings. The molecule has 178 valence electrons. The van der Waals surface area contributed by atoms with E-state index in [1.807, 2.05) is 21.6 Å². The van der Waals surface area contributed by atoms with Gasteiger partial charge in [0.2, 0.25) is 0 Å². The van der Waals surface area contributed by atoms with E-state index in [9.17, 15) is 13.2 Å². The molecule has 4 heterocycles. The van der Waals surface area contributed by atoms with E-state index in [2.05, 4.69) is 27.7 Å². The van der Waals surface area contributed by atoms with Gasteiger partial charge in [-0.15, -0.1) is 0 Å². The van der Waals surface area contributed by atoms with Gasteiger partial charge in [0.25, 0.3) is 5.91 Å². The third kappa shape index (κ3) is 3.38. The number of anilines is 1. The number of benzene rings is 1. The van der Waals surface area contributed by atoms with Gasteiger partial charge in [-0.2, -0.15) is 0 Å². The Hall–Kier alpha value is -3.02. The van der Waals surface area contributed by atoms with Gasteiger partial charge in [-0.05, 0) is 43.4 Å². The number of amides is 1. The number of fused-ring (bicyclic) bond motifs is 2. The molecule has 1 aliphatic carbocycles. The fourth-order valence-corrected chi connectivity index (χ4v) is 6.09. The summed E-state index contributed by atoms with van der Waals surface area (Å²) in [6.45, 7) is 3.93. The van der Waals surface area contributed by atoms with Crippen molar-refractivity contribution >= 4 is 27.2 Å². The van der Waals surface area contributed by atoms with Gasteiger partial charge in [0, 0.05) is 49.6 Å². The molecule has 2 aromatic heterocycles. The lowest BCUT2D eigenvalue weighted by molar-refractivity contribution is 0.0694. The van der Waals surface area contributed by atoms with Crippen molar-refractivity contribution in [2.75, 3.05) is 25.1 Å². The highest BCUT2D eigenvalue weighted by Gasteiger charge is 2.41. The van der Waals surface area contributed by atoms with Crippen molar-refractivity contribution in [2.24, 2.45) is 5.92 Å². The minimum atomic E-state index is -3.64. The molecule has 3 aliphatic rings. The average Bonchev–Trinajstić information content (AvgIpc) is 3.18. The third-order valence-electron chi connectivity index (χ3n) is 7.27. The van der Waals surface area contributed by atoms with E-state index in [1.54, 1.807) is 12.3 Å². The largest absolute Gasteiger partial charge is 0.381 e. The number of rotatable bonds is 5. The first-order chi connectivity index (χ1) is 16.2. The van der Waals surface area contributed by atoms with E-state index in [-0.39, 0.29) is 22.8 Å². The maximum absolute atomic E-state index is 13.3. The SMILES string of the molecule is C[C@@H](C1CC1)N1Cc2cc(-c3cnc4c(N)nc(C5CNNC5)cn34)cc(S(C)(=O)=O)c2C1=O. The van der Waals surface area contributed by atoms with Gasteiger partial charge in [0.15, 0.2) is 21.3 Å². The molecule has 10 nitrogen and oxygen atoms in total. The minimum Gasteiger partial charge on any atom is -0.381 e. The van der Waals surface area contributed by atoms with E-state index in [0.717, 1.165) is 43.4 Å². The molecule has 1 aromatic carbocycles. The van der Waals surface area contributed by atoms with Crippen LogP contribution >= 0.6 is 0 Å². The second-order valence-electron chi connectivity index (χ2n) is 9.64. The molecule has 1 saturated heterocycles.